The average molecular weight is 339 g/mol. The first kappa shape index (κ1) is 17.0. The summed E-state index contributed by atoms with van der Waals surface area (Å²) in [6, 6.07) is 2.75. The molecule has 2 rings (SSSR count). The second-order valence-corrected chi connectivity index (χ2v) is 5.68. The van der Waals surface area contributed by atoms with Gasteiger partial charge >= 0.3 is 0 Å². The molecule has 0 aliphatic carbocycles. The fraction of sp³-hybridized carbons (Fsp3) is 0.267. The largest absolute Gasteiger partial charge is 0.352 e. The molecule has 23 heavy (non-hydrogen) atoms. The van der Waals surface area contributed by atoms with E-state index in [4.69, 9.17) is 0 Å². The minimum absolute atomic E-state index is 0.199. The lowest BCUT2D eigenvalue weighted by molar-refractivity contribution is -0.116. The van der Waals surface area contributed by atoms with Crippen LogP contribution in [-0.4, -0.2) is 23.3 Å². The van der Waals surface area contributed by atoms with Gasteiger partial charge in [-0.2, -0.15) is 0 Å². The Morgan fingerprint density at radius 1 is 1.30 bits per heavy atom. The maximum atomic E-state index is 13.4. The Labute approximate surface area is 135 Å². The Morgan fingerprint density at radius 2 is 2.09 bits per heavy atom. The maximum Gasteiger partial charge on any atom is 0.254 e. The molecule has 1 aromatic carbocycles. The Hall–Kier alpha value is -2.35. The molecule has 2 amide bonds. The van der Waals surface area contributed by atoms with Crippen molar-refractivity contribution in [2.75, 3.05) is 11.9 Å². The molecule has 0 fully saturated rings. The van der Waals surface area contributed by atoms with Crippen LogP contribution >= 0.6 is 11.3 Å². The standard InChI is InChI=1S/C15H15F2N3O2S/c1-9-8-23-15(19-9)20-13(21)3-2-6-18-14(22)11-5-4-10(16)7-12(11)17/h4-5,7-8H,2-3,6H2,1H3,(H,18,22)(H,19,20,21). The molecule has 0 unspecified atom stereocenters. The molecule has 0 saturated heterocycles. The summed E-state index contributed by atoms with van der Waals surface area (Å²) in [4.78, 5) is 27.5. The SMILES string of the molecule is Cc1csc(NC(=O)CCCNC(=O)c2ccc(F)cc2F)n1. The van der Waals surface area contributed by atoms with Gasteiger partial charge < -0.3 is 10.6 Å². The van der Waals surface area contributed by atoms with Crippen molar-refractivity contribution in [1.29, 1.82) is 0 Å². The number of anilines is 1. The summed E-state index contributed by atoms with van der Waals surface area (Å²) in [6.07, 6.45) is 0.593. The van der Waals surface area contributed by atoms with E-state index in [1.54, 1.807) is 0 Å². The van der Waals surface area contributed by atoms with Crippen molar-refractivity contribution in [1.82, 2.24) is 10.3 Å². The van der Waals surface area contributed by atoms with E-state index in [0.717, 1.165) is 17.8 Å². The summed E-state index contributed by atoms with van der Waals surface area (Å²) in [5.41, 5.74) is 0.605. The van der Waals surface area contributed by atoms with Crippen molar-refractivity contribution < 1.29 is 18.4 Å². The topological polar surface area (TPSA) is 71.1 Å². The first-order valence-corrected chi connectivity index (χ1v) is 7.79. The zero-order valence-electron chi connectivity index (χ0n) is 12.4. The van der Waals surface area contributed by atoms with E-state index in [2.05, 4.69) is 15.6 Å². The second-order valence-electron chi connectivity index (χ2n) is 4.83. The van der Waals surface area contributed by atoms with Gasteiger partial charge in [0.1, 0.15) is 11.6 Å². The van der Waals surface area contributed by atoms with Gasteiger partial charge in [-0.3, -0.25) is 9.59 Å². The first-order valence-electron chi connectivity index (χ1n) is 6.91. The number of rotatable bonds is 6. The Kier molecular flexibility index (Phi) is 5.75. The van der Waals surface area contributed by atoms with Gasteiger partial charge in [-0.1, -0.05) is 0 Å². The van der Waals surface area contributed by atoms with Crippen LogP contribution in [0.5, 0.6) is 0 Å². The van der Waals surface area contributed by atoms with Crippen LogP contribution in [0.4, 0.5) is 13.9 Å². The van der Waals surface area contributed by atoms with E-state index < -0.39 is 17.5 Å². The van der Waals surface area contributed by atoms with Gasteiger partial charge in [-0.05, 0) is 25.5 Å². The number of benzene rings is 1. The summed E-state index contributed by atoms with van der Waals surface area (Å²) in [6.45, 7) is 2.04. The van der Waals surface area contributed by atoms with Crippen molar-refractivity contribution in [3.63, 3.8) is 0 Å². The van der Waals surface area contributed by atoms with Crippen LogP contribution in [0, 0.1) is 18.6 Å². The van der Waals surface area contributed by atoms with Crippen molar-refractivity contribution in [3.8, 4) is 0 Å². The van der Waals surface area contributed by atoms with Gasteiger partial charge in [0.05, 0.1) is 11.3 Å². The highest BCUT2D eigenvalue weighted by Gasteiger charge is 2.12. The zero-order chi connectivity index (χ0) is 16.8. The molecule has 0 saturated carbocycles. The molecule has 0 aliphatic heterocycles. The number of aryl methyl sites for hydroxylation is 1. The van der Waals surface area contributed by atoms with Crippen molar-refractivity contribution in [2.45, 2.75) is 19.8 Å². The fourth-order valence-corrected chi connectivity index (χ4v) is 2.52. The smallest absolute Gasteiger partial charge is 0.254 e. The van der Waals surface area contributed by atoms with Gasteiger partial charge in [0.2, 0.25) is 5.91 Å². The molecule has 2 N–H and O–H groups in total. The molecule has 122 valence electrons. The Morgan fingerprint density at radius 3 is 2.74 bits per heavy atom. The molecule has 2 aromatic rings. The van der Waals surface area contributed by atoms with Crippen LogP contribution in [0.15, 0.2) is 23.6 Å². The summed E-state index contributed by atoms with van der Waals surface area (Å²) < 4.78 is 26.2. The molecule has 0 aliphatic rings. The van der Waals surface area contributed by atoms with Crippen LogP contribution < -0.4 is 10.6 Å². The number of thiazole rings is 1. The van der Waals surface area contributed by atoms with Gasteiger partial charge in [0, 0.05) is 24.4 Å². The lowest BCUT2D eigenvalue weighted by atomic mass is 10.2. The molecule has 0 atom stereocenters. The molecule has 0 bridgehead atoms. The number of carbonyl (C=O) groups excluding carboxylic acids is 2. The summed E-state index contributed by atoms with van der Waals surface area (Å²) in [5, 5.41) is 7.50. The van der Waals surface area contributed by atoms with Gasteiger partial charge in [0.25, 0.3) is 5.91 Å². The van der Waals surface area contributed by atoms with Crippen molar-refractivity contribution in [2.24, 2.45) is 0 Å². The highest BCUT2D eigenvalue weighted by Crippen LogP contribution is 2.14. The van der Waals surface area contributed by atoms with E-state index in [-0.39, 0.29) is 24.4 Å². The van der Waals surface area contributed by atoms with E-state index >= 15 is 0 Å². The third-order valence-corrected chi connectivity index (χ3v) is 3.78. The predicted octanol–water partition coefficient (Wildman–Crippen LogP) is 2.88. The predicted molar refractivity (Wildman–Crippen MR) is 83.4 cm³/mol. The number of nitrogens with one attached hydrogen (secondary N) is 2. The van der Waals surface area contributed by atoms with Crippen LogP contribution in [-0.2, 0) is 4.79 Å². The lowest BCUT2D eigenvalue weighted by Crippen LogP contribution is -2.26. The van der Waals surface area contributed by atoms with Crippen molar-refractivity contribution >= 4 is 28.3 Å². The van der Waals surface area contributed by atoms with Crippen LogP contribution in [0.1, 0.15) is 28.9 Å². The van der Waals surface area contributed by atoms with Crippen LogP contribution in [0.3, 0.4) is 0 Å². The number of amides is 2. The van der Waals surface area contributed by atoms with Crippen LogP contribution in [0.2, 0.25) is 0 Å². The number of carbonyl (C=O) groups is 2. The quantitative estimate of drug-likeness (QED) is 0.795. The Balaban J connectivity index is 1.72. The van der Waals surface area contributed by atoms with E-state index in [1.807, 2.05) is 12.3 Å². The van der Waals surface area contributed by atoms with Crippen LogP contribution in [0.25, 0.3) is 0 Å². The van der Waals surface area contributed by atoms with E-state index in [0.29, 0.717) is 17.6 Å². The first-order chi connectivity index (χ1) is 11.0. The maximum absolute atomic E-state index is 13.4. The molecule has 1 aromatic heterocycles. The van der Waals surface area contributed by atoms with Crippen molar-refractivity contribution in [3.05, 3.63) is 46.5 Å². The molecule has 0 radical (unpaired) electrons. The molecule has 5 nitrogen and oxygen atoms in total. The average Bonchev–Trinajstić information content (AvgIpc) is 2.88. The molecule has 0 spiro atoms. The van der Waals surface area contributed by atoms with E-state index in [9.17, 15) is 18.4 Å². The molecular formula is C15H15F2N3O2S. The summed E-state index contributed by atoms with van der Waals surface area (Å²) >= 11 is 1.34. The fourth-order valence-electron chi connectivity index (χ4n) is 1.81. The monoisotopic (exact) mass is 339 g/mol. The summed E-state index contributed by atoms with van der Waals surface area (Å²) in [7, 11) is 0. The highest BCUT2D eigenvalue weighted by molar-refractivity contribution is 7.13. The number of halogens is 2. The van der Waals surface area contributed by atoms with Gasteiger partial charge in [-0.15, -0.1) is 11.3 Å². The van der Waals surface area contributed by atoms with E-state index in [1.165, 1.54) is 11.3 Å². The lowest BCUT2D eigenvalue weighted by Gasteiger charge is -2.06. The number of nitrogens with zero attached hydrogens (tertiary/aromatic N) is 1. The minimum Gasteiger partial charge on any atom is -0.352 e. The molecule has 8 heteroatoms. The third kappa shape index (κ3) is 5.10. The minimum atomic E-state index is -0.917. The number of aromatic nitrogens is 1. The number of hydrogen-bond donors (Lipinski definition) is 2. The number of hydrogen-bond acceptors (Lipinski definition) is 4. The normalized spacial score (nSPS) is 10.4. The second kappa shape index (κ2) is 7.77. The Bertz CT molecular complexity index is 718. The highest BCUT2D eigenvalue weighted by atomic mass is 32.1. The molecular weight excluding hydrogens is 324 g/mol. The van der Waals surface area contributed by atoms with Gasteiger partial charge in [-0.25, -0.2) is 13.8 Å². The van der Waals surface area contributed by atoms with Gasteiger partial charge in [0.15, 0.2) is 5.13 Å². The summed E-state index contributed by atoms with van der Waals surface area (Å²) in [5.74, 6) is -2.51. The zero-order valence-corrected chi connectivity index (χ0v) is 13.2. The third-order valence-electron chi connectivity index (χ3n) is 2.91. The molecule has 1 heterocycles.